The van der Waals surface area contributed by atoms with Gasteiger partial charge >= 0.3 is 0 Å². The van der Waals surface area contributed by atoms with Crippen molar-refractivity contribution in [2.75, 3.05) is 25.0 Å². The first-order valence-electron chi connectivity index (χ1n) is 6.15. The van der Waals surface area contributed by atoms with Crippen molar-refractivity contribution < 1.29 is 0 Å². The molecule has 0 spiro atoms. The van der Waals surface area contributed by atoms with Gasteiger partial charge in [0.1, 0.15) is 0 Å². The highest BCUT2D eigenvalue weighted by atomic mass is 15.2. The maximum absolute atomic E-state index is 3.30. The topological polar surface area (TPSA) is 15.3 Å². The summed E-state index contributed by atoms with van der Waals surface area (Å²) >= 11 is 0. The minimum absolute atomic E-state index is 0.586. The second-order valence-electron chi connectivity index (χ2n) is 5.06. The summed E-state index contributed by atoms with van der Waals surface area (Å²) in [6, 6.07) is 7.43. The van der Waals surface area contributed by atoms with Crippen LogP contribution in [-0.2, 0) is 0 Å². The van der Waals surface area contributed by atoms with Gasteiger partial charge < -0.3 is 10.2 Å². The van der Waals surface area contributed by atoms with E-state index in [1.807, 2.05) is 7.05 Å². The van der Waals surface area contributed by atoms with E-state index in [1.54, 1.807) is 0 Å². The summed E-state index contributed by atoms with van der Waals surface area (Å²) in [6.07, 6.45) is 0. The number of likely N-dealkylation sites (N-methyl/N-ethyl adjacent to an activating group) is 1. The van der Waals surface area contributed by atoms with Gasteiger partial charge in [-0.1, -0.05) is 17.7 Å². The molecule has 0 saturated heterocycles. The van der Waals surface area contributed by atoms with Crippen LogP contribution >= 0.6 is 0 Å². The van der Waals surface area contributed by atoms with Crippen molar-refractivity contribution in [3.63, 3.8) is 0 Å². The molecule has 1 aliphatic heterocycles. The molecule has 0 amide bonds. The smallest absolute Gasteiger partial charge is 0.0405 e. The fraction of sp³-hybridized carbons (Fsp3) is 0.571. The zero-order valence-corrected chi connectivity index (χ0v) is 10.7. The first kappa shape index (κ1) is 11.5. The molecule has 1 atom stereocenters. The van der Waals surface area contributed by atoms with Crippen molar-refractivity contribution in [1.82, 2.24) is 5.32 Å². The summed E-state index contributed by atoms with van der Waals surface area (Å²) in [7, 11) is 2.04. The summed E-state index contributed by atoms with van der Waals surface area (Å²) in [5, 5.41) is 3.30. The van der Waals surface area contributed by atoms with Crippen LogP contribution in [0.25, 0.3) is 0 Å². The van der Waals surface area contributed by atoms with Crippen LogP contribution in [-0.4, -0.2) is 26.2 Å². The second kappa shape index (κ2) is 4.46. The van der Waals surface area contributed by atoms with E-state index >= 15 is 0 Å². The molecule has 1 aromatic carbocycles. The van der Waals surface area contributed by atoms with Crippen molar-refractivity contribution >= 4 is 5.69 Å². The summed E-state index contributed by atoms with van der Waals surface area (Å²) in [4.78, 5) is 2.51. The zero-order chi connectivity index (χ0) is 11.7. The van der Waals surface area contributed by atoms with Crippen LogP contribution in [0.15, 0.2) is 18.2 Å². The van der Waals surface area contributed by atoms with E-state index in [0.29, 0.717) is 12.0 Å². The molecule has 2 heteroatoms. The number of aryl methyl sites for hydroxylation is 1. The average Bonchev–Trinajstić information content (AvgIpc) is 2.58. The molecule has 0 aromatic heterocycles. The Morgan fingerprint density at radius 3 is 2.81 bits per heavy atom. The molecule has 2 rings (SSSR count). The average molecular weight is 218 g/mol. The van der Waals surface area contributed by atoms with Gasteiger partial charge in [0.15, 0.2) is 0 Å². The van der Waals surface area contributed by atoms with Crippen molar-refractivity contribution in [1.29, 1.82) is 0 Å². The maximum atomic E-state index is 3.30. The van der Waals surface area contributed by atoms with Gasteiger partial charge in [-0.15, -0.1) is 0 Å². The summed E-state index contributed by atoms with van der Waals surface area (Å²) in [5.41, 5.74) is 4.31. The number of hydrogen-bond donors (Lipinski definition) is 1. The van der Waals surface area contributed by atoms with Gasteiger partial charge in [-0.2, -0.15) is 0 Å². The van der Waals surface area contributed by atoms with Crippen molar-refractivity contribution in [2.45, 2.75) is 32.7 Å². The Labute approximate surface area is 98.7 Å². The number of fused-ring (bicyclic) bond motifs is 1. The Balaban J connectivity index is 2.36. The molecule has 0 radical (unpaired) electrons. The predicted molar refractivity (Wildman–Crippen MR) is 70.3 cm³/mol. The molecule has 1 aliphatic rings. The molecule has 0 fully saturated rings. The number of nitrogens with zero attached hydrogens (tertiary/aromatic N) is 1. The summed E-state index contributed by atoms with van der Waals surface area (Å²) < 4.78 is 0. The van der Waals surface area contributed by atoms with Gasteiger partial charge in [0.05, 0.1) is 0 Å². The van der Waals surface area contributed by atoms with Crippen LogP contribution in [0.1, 0.15) is 30.9 Å². The zero-order valence-electron chi connectivity index (χ0n) is 10.7. The first-order chi connectivity index (χ1) is 7.63. The molecule has 16 heavy (non-hydrogen) atoms. The number of rotatable bonds is 3. The number of hydrogen-bond acceptors (Lipinski definition) is 2. The molecular formula is C14H22N2. The van der Waals surface area contributed by atoms with Gasteiger partial charge in [0.2, 0.25) is 0 Å². The van der Waals surface area contributed by atoms with E-state index < -0.39 is 0 Å². The SMILES string of the molecule is CNCC1CN(C(C)C)c2ccc(C)cc21. The monoisotopic (exact) mass is 218 g/mol. The van der Waals surface area contributed by atoms with Gasteiger partial charge in [-0.05, 0) is 39.4 Å². The molecule has 0 aliphatic carbocycles. The van der Waals surface area contributed by atoms with Crippen LogP contribution in [0.3, 0.4) is 0 Å². The fourth-order valence-corrected chi connectivity index (χ4v) is 2.61. The molecule has 88 valence electrons. The third-order valence-corrected chi connectivity index (χ3v) is 3.42. The normalized spacial score (nSPS) is 19.3. The van der Waals surface area contributed by atoms with E-state index in [9.17, 15) is 0 Å². The highest BCUT2D eigenvalue weighted by Gasteiger charge is 2.29. The Hall–Kier alpha value is -1.02. The van der Waals surface area contributed by atoms with Crippen LogP contribution in [0, 0.1) is 6.92 Å². The van der Waals surface area contributed by atoms with Crippen LogP contribution in [0.4, 0.5) is 5.69 Å². The summed E-state index contributed by atoms with van der Waals surface area (Å²) in [5.74, 6) is 0.641. The third-order valence-electron chi connectivity index (χ3n) is 3.42. The quantitative estimate of drug-likeness (QED) is 0.838. The minimum atomic E-state index is 0.586. The molecule has 0 saturated carbocycles. The molecule has 1 unspecified atom stereocenters. The van der Waals surface area contributed by atoms with Gasteiger partial charge in [0.25, 0.3) is 0 Å². The van der Waals surface area contributed by atoms with E-state index in [-0.39, 0.29) is 0 Å². The molecular weight excluding hydrogens is 196 g/mol. The van der Waals surface area contributed by atoms with Crippen molar-refractivity contribution in [3.8, 4) is 0 Å². The maximum Gasteiger partial charge on any atom is 0.0405 e. The minimum Gasteiger partial charge on any atom is -0.368 e. The largest absolute Gasteiger partial charge is 0.368 e. The van der Waals surface area contributed by atoms with Crippen molar-refractivity contribution in [2.24, 2.45) is 0 Å². The number of anilines is 1. The van der Waals surface area contributed by atoms with Crippen LogP contribution < -0.4 is 10.2 Å². The third kappa shape index (κ3) is 1.94. The lowest BCUT2D eigenvalue weighted by atomic mass is 9.99. The standard InChI is InChI=1S/C14H22N2/c1-10(2)16-9-12(8-15-4)13-7-11(3)5-6-14(13)16/h5-7,10,12,15H,8-9H2,1-4H3. The van der Waals surface area contributed by atoms with E-state index in [4.69, 9.17) is 0 Å². The molecule has 2 nitrogen and oxygen atoms in total. The molecule has 1 heterocycles. The first-order valence-corrected chi connectivity index (χ1v) is 6.15. The molecule has 1 aromatic rings. The molecule has 0 bridgehead atoms. The van der Waals surface area contributed by atoms with E-state index in [0.717, 1.165) is 13.1 Å². The van der Waals surface area contributed by atoms with Gasteiger partial charge in [0, 0.05) is 30.7 Å². The number of nitrogens with one attached hydrogen (secondary N) is 1. The lowest BCUT2D eigenvalue weighted by Crippen LogP contribution is -2.31. The highest BCUT2D eigenvalue weighted by molar-refractivity contribution is 5.61. The summed E-state index contributed by atoms with van der Waals surface area (Å²) in [6.45, 7) is 8.93. The molecule has 1 N–H and O–H groups in total. The van der Waals surface area contributed by atoms with Crippen LogP contribution in [0.2, 0.25) is 0 Å². The van der Waals surface area contributed by atoms with Gasteiger partial charge in [-0.25, -0.2) is 0 Å². The van der Waals surface area contributed by atoms with Gasteiger partial charge in [-0.3, -0.25) is 0 Å². The fourth-order valence-electron chi connectivity index (χ4n) is 2.61. The lowest BCUT2D eigenvalue weighted by molar-refractivity contribution is 0.611. The highest BCUT2D eigenvalue weighted by Crippen LogP contribution is 2.37. The lowest BCUT2D eigenvalue weighted by Gasteiger charge is -2.24. The van der Waals surface area contributed by atoms with Crippen molar-refractivity contribution in [3.05, 3.63) is 29.3 Å². The predicted octanol–water partition coefficient (Wildman–Crippen LogP) is 2.53. The Morgan fingerprint density at radius 1 is 1.44 bits per heavy atom. The van der Waals surface area contributed by atoms with E-state index in [2.05, 4.69) is 49.2 Å². The Morgan fingerprint density at radius 2 is 2.19 bits per heavy atom. The number of benzene rings is 1. The second-order valence-corrected chi connectivity index (χ2v) is 5.06. The Kier molecular flexibility index (Phi) is 3.20. The Bertz CT molecular complexity index is 371. The van der Waals surface area contributed by atoms with Crippen LogP contribution in [0.5, 0.6) is 0 Å². The van der Waals surface area contributed by atoms with E-state index in [1.165, 1.54) is 16.8 Å².